The zero-order valence-corrected chi connectivity index (χ0v) is 15.0. The van der Waals surface area contributed by atoms with E-state index in [1.54, 1.807) is 24.3 Å². The highest BCUT2D eigenvalue weighted by molar-refractivity contribution is 7.89. The van der Waals surface area contributed by atoms with E-state index in [4.69, 9.17) is 11.6 Å². The van der Waals surface area contributed by atoms with Crippen LogP contribution in [0.3, 0.4) is 0 Å². The molecule has 1 amide bonds. The van der Waals surface area contributed by atoms with Gasteiger partial charge in [0.05, 0.1) is 4.90 Å². The van der Waals surface area contributed by atoms with Crippen LogP contribution >= 0.6 is 11.6 Å². The van der Waals surface area contributed by atoms with Gasteiger partial charge >= 0.3 is 0 Å². The molecule has 2 atom stereocenters. The molecule has 130 valence electrons. The molecule has 3 rings (SSSR count). The van der Waals surface area contributed by atoms with E-state index >= 15 is 0 Å². The Morgan fingerprint density at radius 3 is 2.24 bits per heavy atom. The van der Waals surface area contributed by atoms with E-state index in [1.807, 2.05) is 6.07 Å². The first-order valence-electron chi connectivity index (χ1n) is 7.70. The molecule has 1 aliphatic rings. The van der Waals surface area contributed by atoms with Gasteiger partial charge in [-0.25, -0.2) is 12.7 Å². The van der Waals surface area contributed by atoms with E-state index in [-0.39, 0.29) is 17.2 Å². The van der Waals surface area contributed by atoms with Crippen LogP contribution in [-0.4, -0.2) is 31.0 Å². The summed E-state index contributed by atoms with van der Waals surface area (Å²) in [6.45, 7) is 1.26. The Balaban J connectivity index is 2.02. The fourth-order valence-electron chi connectivity index (χ4n) is 3.11. The standard InChI is InChI=1S/C18H16ClNO4S/c1-12(21)17-16(13-5-3-2-4-6-13)11-20(18(17)22)25(23,24)15-9-7-14(19)8-10-15/h2-10,16-17H,11H2,1H3. The molecule has 1 fully saturated rings. The van der Waals surface area contributed by atoms with Gasteiger partial charge < -0.3 is 0 Å². The lowest BCUT2D eigenvalue weighted by Gasteiger charge is -2.17. The highest BCUT2D eigenvalue weighted by Gasteiger charge is 2.48. The Morgan fingerprint density at radius 2 is 1.68 bits per heavy atom. The monoisotopic (exact) mass is 377 g/mol. The molecule has 1 heterocycles. The number of sulfonamides is 1. The number of hydrogen-bond donors (Lipinski definition) is 0. The van der Waals surface area contributed by atoms with Gasteiger partial charge in [-0.1, -0.05) is 41.9 Å². The molecular weight excluding hydrogens is 362 g/mol. The van der Waals surface area contributed by atoms with Gasteiger partial charge in [0.15, 0.2) is 0 Å². The number of amides is 1. The summed E-state index contributed by atoms with van der Waals surface area (Å²) >= 11 is 5.80. The topological polar surface area (TPSA) is 71.5 Å². The Labute approximate surface area is 151 Å². The fourth-order valence-corrected chi connectivity index (χ4v) is 4.67. The number of Topliss-reactive ketones (excluding diaryl/α,β-unsaturated/α-hetero) is 1. The molecule has 2 unspecified atom stereocenters. The molecule has 1 aliphatic heterocycles. The number of carbonyl (C=O) groups excluding carboxylic acids is 2. The molecule has 0 radical (unpaired) electrons. The van der Waals surface area contributed by atoms with Crippen molar-refractivity contribution in [1.82, 2.24) is 4.31 Å². The number of hydrogen-bond acceptors (Lipinski definition) is 4. The van der Waals surface area contributed by atoms with Gasteiger partial charge in [-0.3, -0.25) is 9.59 Å². The van der Waals surface area contributed by atoms with Gasteiger partial charge in [-0.15, -0.1) is 0 Å². The van der Waals surface area contributed by atoms with E-state index in [1.165, 1.54) is 31.2 Å². The van der Waals surface area contributed by atoms with Crippen molar-refractivity contribution in [3.63, 3.8) is 0 Å². The van der Waals surface area contributed by atoms with Crippen LogP contribution in [0, 0.1) is 5.92 Å². The molecule has 0 bridgehead atoms. The van der Waals surface area contributed by atoms with Crippen molar-refractivity contribution in [1.29, 1.82) is 0 Å². The van der Waals surface area contributed by atoms with Gasteiger partial charge in [0.1, 0.15) is 11.7 Å². The van der Waals surface area contributed by atoms with Crippen molar-refractivity contribution < 1.29 is 18.0 Å². The largest absolute Gasteiger partial charge is 0.299 e. The molecule has 1 saturated heterocycles. The van der Waals surface area contributed by atoms with Crippen LogP contribution in [-0.2, 0) is 19.6 Å². The minimum atomic E-state index is -4.04. The summed E-state index contributed by atoms with van der Waals surface area (Å²) in [5, 5.41) is 0.399. The average molecular weight is 378 g/mol. The van der Waals surface area contributed by atoms with E-state index in [0.29, 0.717) is 5.02 Å². The van der Waals surface area contributed by atoms with Crippen LogP contribution in [0.25, 0.3) is 0 Å². The van der Waals surface area contributed by atoms with E-state index < -0.39 is 27.8 Å². The third kappa shape index (κ3) is 3.19. The number of nitrogens with zero attached hydrogens (tertiary/aromatic N) is 1. The summed E-state index contributed by atoms with van der Waals surface area (Å²) in [6, 6.07) is 14.6. The van der Waals surface area contributed by atoms with Gasteiger partial charge in [-0.2, -0.15) is 0 Å². The van der Waals surface area contributed by atoms with Crippen LogP contribution in [0.15, 0.2) is 59.5 Å². The number of rotatable bonds is 4. The second kappa shape index (κ2) is 6.61. The summed E-state index contributed by atoms with van der Waals surface area (Å²) in [5.74, 6) is -2.51. The summed E-state index contributed by atoms with van der Waals surface area (Å²) in [5.41, 5.74) is 0.768. The number of ketones is 1. The predicted octanol–water partition coefficient (Wildman–Crippen LogP) is 2.86. The Morgan fingerprint density at radius 1 is 1.08 bits per heavy atom. The molecule has 2 aromatic carbocycles. The number of carbonyl (C=O) groups is 2. The van der Waals surface area contributed by atoms with E-state index in [0.717, 1.165) is 9.87 Å². The zero-order valence-electron chi connectivity index (χ0n) is 13.4. The van der Waals surface area contributed by atoms with Crippen molar-refractivity contribution in [3.05, 3.63) is 65.2 Å². The van der Waals surface area contributed by atoms with Crippen molar-refractivity contribution >= 4 is 33.3 Å². The fraction of sp³-hybridized carbons (Fsp3) is 0.222. The molecule has 0 spiro atoms. The highest BCUT2D eigenvalue weighted by atomic mass is 35.5. The van der Waals surface area contributed by atoms with Crippen LogP contribution < -0.4 is 0 Å². The van der Waals surface area contributed by atoms with Gasteiger partial charge in [0.25, 0.3) is 10.0 Å². The van der Waals surface area contributed by atoms with Crippen LogP contribution in [0.1, 0.15) is 18.4 Å². The molecule has 0 aliphatic carbocycles. The summed E-state index contributed by atoms with van der Waals surface area (Å²) < 4.78 is 26.5. The molecule has 0 N–H and O–H groups in total. The minimum Gasteiger partial charge on any atom is -0.299 e. The average Bonchev–Trinajstić information content (AvgIpc) is 2.94. The maximum absolute atomic E-state index is 12.9. The zero-order chi connectivity index (χ0) is 18.2. The van der Waals surface area contributed by atoms with Crippen molar-refractivity contribution in [2.24, 2.45) is 5.92 Å². The maximum atomic E-state index is 12.9. The first-order valence-corrected chi connectivity index (χ1v) is 9.51. The molecule has 0 aromatic heterocycles. The molecule has 25 heavy (non-hydrogen) atoms. The molecule has 5 nitrogen and oxygen atoms in total. The highest BCUT2D eigenvalue weighted by Crippen LogP contribution is 2.37. The summed E-state index contributed by atoms with van der Waals surface area (Å²) in [7, 11) is -4.04. The second-order valence-corrected chi connectivity index (χ2v) is 8.23. The second-order valence-electron chi connectivity index (χ2n) is 5.93. The molecular formula is C18H16ClNO4S. The smallest absolute Gasteiger partial charge is 0.266 e. The Hall–Kier alpha value is -2.18. The minimum absolute atomic E-state index is 0.0266. The molecule has 7 heteroatoms. The predicted molar refractivity (Wildman–Crippen MR) is 93.7 cm³/mol. The maximum Gasteiger partial charge on any atom is 0.266 e. The third-order valence-corrected chi connectivity index (χ3v) is 6.37. The lowest BCUT2D eigenvalue weighted by molar-refractivity contribution is -0.133. The number of halogens is 1. The third-order valence-electron chi connectivity index (χ3n) is 4.34. The first-order chi connectivity index (χ1) is 11.8. The summed E-state index contributed by atoms with van der Waals surface area (Å²) in [4.78, 5) is 24.7. The van der Waals surface area contributed by atoms with Crippen molar-refractivity contribution in [2.45, 2.75) is 17.7 Å². The summed E-state index contributed by atoms with van der Waals surface area (Å²) in [6.07, 6.45) is 0. The van der Waals surface area contributed by atoms with E-state index in [2.05, 4.69) is 0 Å². The normalized spacial score (nSPS) is 20.7. The lowest BCUT2D eigenvalue weighted by Crippen LogP contribution is -2.35. The SMILES string of the molecule is CC(=O)C1C(=O)N(S(=O)(=O)c2ccc(Cl)cc2)CC1c1ccccc1. The molecule has 0 saturated carbocycles. The van der Waals surface area contributed by atoms with Gasteiger partial charge in [0, 0.05) is 17.5 Å². The quantitative estimate of drug-likeness (QED) is 0.768. The first kappa shape index (κ1) is 17.6. The number of benzene rings is 2. The van der Waals surface area contributed by atoms with Gasteiger partial charge in [0.2, 0.25) is 5.91 Å². The van der Waals surface area contributed by atoms with Crippen molar-refractivity contribution in [3.8, 4) is 0 Å². The van der Waals surface area contributed by atoms with E-state index in [9.17, 15) is 18.0 Å². The van der Waals surface area contributed by atoms with Crippen LogP contribution in [0.5, 0.6) is 0 Å². The Bertz CT molecular complexity index is 910. The van der Waals surface area contributed by atoms with Crippen LogP contribution in [0.4, 0.5) is 0 Å². The van der Waals surface area contributed by atoms with Crippen LogP contribution in [0.2, 0.25) is 5.02 Å². The Kier molecular flexibility index (Phi) is 4.67. The van der Waals surface area contributed by atoms with Crippen molar-refractivity contribution in [2.75, 3.05) is 6.54 Å². The molecule has 2 aromatic rings. The van der Waals surface area contributed by atoms with Gasteiger partial charge in [-0.05, 0) is 36.8 Å². The lowest BCUT2D eigenvalue weighted by atomic mass is 9.86.